The molecule has 0 fully saturated rings. The highest BCUT2D eigenvalue weighted by Gasteiger charge is 2.45. The predicted molar refractivity (Wildman–Crippen MR) is 125 cm³/mol. The zero-order valence-electron chi connectivity index (χ0n) is 18.1. The summed E-state index contributed by atoms with van der Waals surface area (Å²) in [4.78, 5) is 31.0. The van der Waals surface area contributed by atoms with Crippen molar-refractivity contribution in [3.63, 3.8) is 0 Å². The van der Waals surface area contributed by atoms with Crippen LogP contribution in [-0.4, -0.2) is 28.9 Å². The standard InChI is InChI=1S/C24H24N4O3S/c1-4-8-20(29)27-19-10-7-6-9-18(19)21-22(30)25-24(32-3)26-28(21)23(27)16-11-13-17(14-12-16)31-15-5-2/h5-7,9-14,23H,2,4,8,15H2,1,3H3/p+1/t23-/m0/s1. The molecule has 1 aliphatic heterocycles. The molecule has 0 spiro atoms. The van der Waals surface area contributed by atoms with Crippen LogP contribution in [0.2, 0.25) is 0 Å². The first kappa shape index (κ1) is 21.8. The highest BCUT2D eigenvalue weighted by molar-refractivity contribution is 7.98. The fraction of sp³-hybridized carbons (Fsp3) is 0.250. The Labute approximate surface area is 190 Å². The second-order valence-corrected chi connectivity index (χ2v) is 8.12. The van der Waals surface area contributed by atoms with Crippen molar-refractivity contribution in [3.8, 4) is 17.0 Å². The lowest BCUT2D eigenvalue weighted by molar-refractivity contribution is -0.763. The molecule has 2 heterocycles. The minimum Gasteiger partial charge on any atom is -0.490 e. The predicted octanol–water partition coefficient (Wildman–Crippen LogP) is 3.70. The number of para-hydroxylation sites is 1. The number of carbonyl (C=O) groups excluding carboxylic acids is 1. The fourth-order valence-corrected chi connectivity index (χ4v) is 4.22. The van der Waals surface area contributed by atoms with Crippen LogP contribution in [0.4, 0.5) is 5.69 Å². The number of H-pyrrole nitrogens is 1. The second-order valence-electron chi connectivity index (χ2n) is 7.33. The number of benzene rings is 2. The third kappa shape index (κ3) is 3.93. The molecule has 4 rings (SSSR count). The fourth-order valence-electron chi connectivity index (χ4n) is 3.86. The average Bonchev–Trinajstić information content (AvgIpc) is 2.82. The van der Waals surface area contributed by atoms with Crippen molar-refractivity contribution >= 4 is 23.4 Å². The van der Waals surface area contributed by atoms with Crippen LogP contribution >= 0.6 is 11.8 Å². The number of hydrogen-bond acceptors (Lipinski definition) is 5. The number of aromatic nitrogens is 3. The molecule has 2 aromatic carbocycles. The SMILES string of the molecule is C=CCOc1ccc([C@H]2N(C(=O)CCC)c3ccccc3-c3c(=O)[nH]c(SC)n[n+]32)cc1. The van der Waals surface area contributed by atoms with E-state index in [2.05, 4.69) is 11.6 Å². The molecule has 1 aliphatic rings. The first-order chi connectivity index (χ1) is 15.6. The summed E-state index contributed by atoms with van der Waals surface area (Å²) in [7, 11) is 0. The Balaban J connectivity index is 1.95. The van der Waals surface area contributed by atoms with Gasteiger partial charge >= 0.3 is 11.3 Å². The van der Waals surface area contributed by atoms with Gasteiger partial charge in [-0.25, -0.2) is 4.90 Å². The summed E-state index contributed by atoms with van der Waals surface area (Å²) in [5.41, 5.74) is 2.39. The number of fused-ring (bicyclic) bond motifs is 3. The number of carbonyl (C=O) groups is 1. The van der Waals surface area contributed by atoms with Crippen molar-refractivity contribution in [2.24, 2.45) is 0 Å². The zero-order chi connectivity index (χ0) is 22.7. The van der Waals surface area contributed by atoms with Crippen LogP contribution in [0, 0.1) is 0 Å². The summed E-state index contributed by atoms with van der Waals surface area (Å²) < 4.78 is 7.28. The Morgan fingerprint density at radius 2 is 2.03 bits per heavy atom. The number of ether oxygens (including phenoxy) is 1. The molecular formula is C24H25N4O3S+. The van der Waals surface area contributed by atoms with E-state index in [1.54, 1.807) is 15.7 Å². The van der Waals surface area contributed by atoms with Crippen LogP contribution in [0.3, 0.4) is 0 Å². The van der Waals surface area contributed by atoms with Crippen LogP contribution in [0.25, 0.3) is 11.3 Å². The van der Waals surface area contributed by atoms with Gasteiger partial charge in [-0.05, 0) is 53.8 Å². The van der Waals surface area contributed by atoms with E-state index in [4.69, 9.17) is 9.84 Å². The summed E-state index contributed by atoms with van der Waals surface area (Å²) in [5, 5.41) is 5.18. The van der Waals surface area contributed by atoms with Gasteiger partial charge in [0.05, 0.1) is 11.3 Å². The summed E-state index contributed by atoms with van der Waals surface area (Å²) in [5.74, 6) is 0.674. The molecule has 1 aromatic heterocycles. The molecule has 32 heavy (non-hydrogen) atoms. The van der Waals surface area contributed by atoms with E-state index >= 15 is 0 Å². The molecule has 1 N–H and O–H groups in total. The normalized spacial score (nSPS) is 14.4. The van der Waals surface area contributed by atoms with E-state index < -0.39 is 6.17 Å². The quantitative estimate of drug-likeness (QED) is 0.338. The summed E-state index contributed by atoms with van der Waals surface area (Å²) in [6.07, 6.45) is 4.04. The Morgan fingerprint density at radius 3 is 2.72 bits per heavy atom. The van der Waals surface area contributed by atoms with Gasteiger partial charge in [0.15, 0.2) is 0 Å². The average molecular weight is 450 g/mol. The van der Waals surface area contributed by atoms with Crippen molar-refractivity contribution < 1.29 is 14.2 Å². The number of hydrogen-bond donors (Lipinski definition) is 1. The van der Waals surface area contributed by atoms with Crippen LogP contribution < -0.4 is 19.9 Å². The largest absolute Gasteiger partial charge is 0.490 e. The molecule has 0 aliphatic carbocycles. The topological polar surface area (TPSA) is 79.2 Å². The van der Waals surface area contributed by atoms with Crippen molar-refractivity contribution in [3.05, 3.63) is 77.1 Å². The maximum atomic E-state index is 13.4. The van der Waals surface area contributed by atoms with Gasteiger partial charge < -0.3 is 4.74 Å². The molecule has 3 aromatic rings. The summed E-state index contributed by atoms with van der Waals surface area (Å²) >= 11 is 1.35. The van der Waals surface area contributed by atoms with Gasteiger partial charge in [-0.15, -0.1) is 0 Å². The maximum absolute atomic E-state index is 13.4. The lowest BCUT2D eigenvalue weighted by Gasteiger charge is -2.32. The first-order valence-electron chi connectivity index (χ1n) is 10.4. The molecule has 0 radical (unpaired) electrons. The number of thioether (sulfide) groups is 1. The Morgan fingerprint density at radius 1 is 1.28 bits per heavy atom. The number of aromatic amines is 1. The maximum Gasteiger partial charge on any atom is 0.325 e. The second kappa shape index (κ2) is 9.40. The molecule has 1 atom stereocenters. The Bertz CT molecular complexity index is 1210. The molecule has 1 amide bonds. The van der Waals surface area contributed by atoms with E-state index in [1.807, 2.05) is 61.7 Å². The van der Waals surface area contributed by atoms with Crippen molar-refractivity contribution in [1.82, 2.24) is 10.1 Å². The lowest BCUT2D eigenvalue weighted by atomic mass is 10.0. The molecule has 8 heteroatoms. The Hall–Kier alpha value is -3.39. The number of nitrogens with zero attached hydrogens (tertiary/aromatic N) is 3. The minimum atomic E-state index is -0.597. The van der Waals surface area contributed by atoms with Crippen LogP contribution in [0.1, 0.15) is 31.5 Å². The summed E-state index contributed by atoms with van der Waals surface area (Å²) in [6, 6.07) is 15.0. The van der Waals surface area contributed by atoms with Gasteiger partial charge in [0.2, 0.25) is 11.1 Å². The molecule has 164 valence electrons. The van der Waals surface area contributed by atoms with Crippen molar-refractivity contribution in [2.45, 2.75) is 31.1 Å². The molecule has 0 bridgehead atoms. The van der Waals surface area contributed by atoms with Crippen molar-refractivity contribution in [1.29, 1.82) is 0 Å². The Kier molecular flexibility index (Phi) is 6.41. The number of anilines is 1. The van der Waals surface area contributed by atoms with Crippen LogP contribution in [0.15, 0.2) is 71.1 Å². The number of amides is 1. The van der Waals surface area contributed by atoms with Crippen LogP contribution in [0.5, 0.6) is 5.75 Å². The molecule has 7 nitrogen and oxygen atoms in total. The highest BCUT2D eigenvalue weighted by Crippen LogP contribution is 2.38. The summed E-state index contributed by atoms with van der Waals surface area (Å²) in [6.45, 7) is 6.05. The van der Waals surface area contributed by atoms with E-state index in [-0.39, 0.29) is 11.5 Å². The number of nitrogens with one attached hydrogen (secondary N) is 1. The van der Waals surface area contributed by atoms with Gasteiger partial charge in [0, 0.05) is 17.1 Å². The highest BCUT2D eigenvalue weighted by atomic mass is 32.2. The van der Waals surface area contributed by atoms with Gasteiger partial charge in [-0.2, -0.15) is 0 Å². The van der Waals surface area contributed by atoms with Crippen LogP contribution in [-0.2, 0) is 4.79 Å². The number of rotatable bonds is 7. The van der Waals surface area contributed by atoms with E-state index in [1.165, 1.54) is 11.8 Å². The zero-order valence-corrected chi connectivity index (χ0v) is 18.9. The van der Waals surface area contributed by atoms with Gasteiger partial charge in [-0.1, -0.05) is 43.5 Å². The first-order valence-corrected chi connectivity index (χ1v) is 11.7. The molecule has 0 saturated carbocycles. The van der Waals surface area contributed by atoms with Gasteiger partial charge in [0.25, 0.3) is 6.17 Å². The smallest absolute Gasteiger partial charge is 0.325 e. The molecule has 0 saturated heterocycles. The van der Waals surface area contributed by atoms with Crippen molar-refractivity contribution in [2.75, 3.05) is 17.8 Å². The minimum absolute atomic E-state index is 0.0251. The van der Waals surface area contributed by atoms with Gasteiger partial charge in [0.1, 0.15) is 12.4 Å². The monoisotopic (exact) mass is 449 g/mol. The van der Waals surface area contributed by atoms with Gasteiger partial charge in [-0.3, -0.25) is 14.6 Å². The van der Waals surface area contributed by atoms with E-state index in [0.717, 1.165) is 12.0 Å². The molecular weight excluding hydrogens is 424 g/mol. The lowest BCUT2D eigenvalue weighted by Crippen LogP contribution is -2.60. The van der Waals surface area contributed by atoms with E-state index in [0.29, 0.717) is 40.9 Å². The molecule has 0 unspecified atom stereocenters. The van der Waals surface area contributed by atoms with E-state index in [9.17, 15) is 9.59 Å². The third-order valence-corrected chi connectivity index (χ3v) is 5.80. The third-order valence-electron chi connectivity index (χ3n) is 5.23.